The molecule has 1 atom stereocenters. The number of unbranched alkanes of at least 4 members (excludes halogenated alkanes) is 1. The molecule has 0 aliphatic carbocycles. The highest BCUT2D eigenvalue weighted by Crippen LogP contribution is 2.20. The molecule has 0 aliphatic heterocycles. The lowest BCUT2D eigenvalue weighted by molar-refractivity contribution is 0.545. The van der Waals surface area contributed by atoms with E-state index in [4.69, 9.17) is 0 Å². The molecule has 0 spiro atoms. The van der Waals surface area contributed by atoms with E-state index in [1.807, 2.05) is 0 Å². The fourth-order valence-electron chi connectivity index (χ4n) is 1.75. The molecular weight excluding hydrogens is 180 g/mol. The molecule has 0 aromatic rings. The second-order valence-corrected chi connectivity index (χ2v) is 11.1. The molecule has 1 unspecified atom stereocenters. The van der Waals surface area contributed by atoms with Crippen molar-refractivity contribution in [2.75, 3.05) is 5.75 Å². The van der Waals surface area contributed by atoms with Gasteiger partial charge >= 0.3 is 0 Å². The summed E-state index contributed by atoms with van der Waals surface area (Å²) >= 11 is 4.22. The third-order valence-corrected chi connectivity index (χ3v) is 4.30. The molecule has 0 amide bonds. The average Bonchev–Trinajstić information content (AvgIpc) is 1.84. The summed E-state index contributed by atoms with van der Waals surface area (Å²) in [4.78, 5) is 0. The van der Waals surface area contributed by atoms with Gasteiger partial charge in [-0.25, -0.2) is 0 Å². The Labute approximate surface area is 84.6 Å². The molecule has 0 fully saturated rings. The van der Waals surface area contributed by atoms with Crippen molar-refractivity contribution in [3.8, 4) is 0 Å². The number of hydrogen-bond acceptors (Lipinski definition) is 1. The van der Waals surface area contributed by atoms with E-state index >= 15 is 0 Å². The van der Waals surface area contributed by atoms with Gasteiger partial charge in [0, 0.05) is 8.07 Å². The highest BCUT2D eigenvalue weighted by Gasteiger charge is 2.16. The maximum absolute atomic E-state index is 4.22. The number of hydrogen-bond donors (Lipinski definition) is 1. The summed E-state index contributed by atoms with van der Waals surface area (Å²) in [6, 6.07) is 1.49. The third kappa shape index (κ3) is 8.66. The zero-order valence-electron chi connectivity index (χ0n) is 9.06. The van der Waals surface area contributed by atoms with Gasteiger partial charge in [-0.15, -0.1) is 0 Å². The normalized spacial score (nSPS) is 14.8. The van der Waals surface area contributed by atoms with Gasteiger partial charge in [-0.1, -0.05) is 45.5 Å². The fourth-order valence-corrected chi connectivity index (χ4v) is 4.27. The van der Waals surface area contributed by atoms with Crippen molar-refractivity contribution in [1.82, 2.24) is 0 Å². The summed E-state index contributed by atoms with van der Waals surface area (Å²) in [6.45, 7) is 9.78. The summed E-state index contributed by atoms with van der Waals surface area (Å²) in [5.41, 5.74) is 0. The van der Waals surface area contributed by atoms with Crippen LogP contribution >= 0.6 is 12.6 Å². The highest BCUT2D eigenvalue weighted by molar-refractivity contribution is 7.80. The minimum Gasteiger partial charge on any atom is -0.179 e. The van der Waals surface area contributed by atoms with Gasteiger partial charge in [-0.3, -0.25) is 0 Å². The maximum Gasteiger partial charge on any atom is 0.0445 e. The zero-order valence-corrected chi connectivity index (χ0v) is 11.0. The lowest BCUT2D eigenvalue weighted by Crippen LogP contribution is -2.22. The Bertz CT molecular complexity index is 107. The Kier molecular flexibility index (Phi) is 6.37. The monoisotopic (exact) mass is 204 g/mol. The predicted molar refractivity (Wildman–Crippen MR) is 65.0 cm³/mol. The molecule has 0 aliphatic rings. The number of rotatable bonds is 6. The molecule has 74 valence electrons. The first kappa shape index (κ1) is 12.6. The molecular formula is C10H24SSi. The van der Waals surface area contributed by atoms with Crippen molar-refractivity contribution < 1.29 is 0 Å². The van der Waals surface area contributed by atoms with Crippen LogP contribution in [0.15, 0.2) is 0 Å². The summed E-state index contributed by atoms with van der Waals surface area (Å²) in [5.74, 6) is 2.00. The Morgan fingerprint density at radius 1 is 1.17 bits per heavy atom. The fraction of sp³-hybridized carbons (Fsp3) is 1.00. The van der Waals surface area contributed by atoms with Crippen molar-refractivity contribution in [3.63, 3.8) is 0 Å². The first-order valence-corrected chi connectivity index (χ1v) is 9.40. The van der Waals surface area contributed by atoms with Crippen molar-refractivity contribution in [2.45, 2.75) is 51.9 Å². The molecule has 0 bridgehead atoms. The standard InChI is InChI=1S/C10H24SSi/c1-10(7-5-6-8-11)9-12(2,3)4/h10-11H,5-9H2,1-4H3. The SMILES string of the molecule is CC(CCCCS)C[Si](C)(C)C. The average molecular weight is 204 g/mol. The molecule has 0 radical (unpaired) electrons. The van der Waals surface area contributed by atoms with Crippen molar-refractivity contribution in [3.05, 3.63) is 0 Å². The second kappa shape index (κ2) is 6.09. The van der Waals surface area contributed by atoms with Crippen molar-refractivity contribution >= 4 is 20.7 Å². The number of thiol groups is 1. The van der Waals surface area contributed by atoms with E-state index < -0.39 is 8.07 Å². The van der Waals surface area contributed by atoms with Gasteiger partial charge < -0.3 is 0 Å². The van der Waals surface area contributed by atoms with Crippen LogP contribution in [0.5, 0.6) is 0 Å². The van der Waals surface area contributed by atoms with E-state index in [1.165, 1.54) is 25.3 Å². The largest absolute Gasteiger partial charge is 0.179 e. The minimum absolute atomic E-state index is 0.800. The van der Waals surface area contributed by atoms with Crippen LogP contribution in [-0.2, 0) is 0 Å². The van der Waals surface area contributed by atoms with E-state index in [0.29, 0.717) is 0 Å². The zero-order chi connectivity index (χ0) is 9.61. The van der Waals surface area contributed by atoms with Gasteiger partial charge in [0.2, 0.25) is 0 Å². The first-order valence-electron chi connectivity index (χ1n) is 5.06. The van der Waals surface area contributed by atoms with Crippen LogP contribution in [0.3, 0.4) is 0 Å². The predicted octanol–water partition coefficient (Wildman–Crippen LogP) is 4.06. The van der Waals surface area contributed by atoms with Crippen LogP contribution in [0.4, 0.5) is 0 Å². The molecule has 0 saturated heterocycles. The Morgan fingerprint density at radius 3 is 2.17 bits per heavy atom. The van der Waals surface area contributed by atoms with Crippen LogP contribution < -0.4 is 0 Å². The molecule has 0 aromatic heterocycles. The van der Waals surface area contributed by atoms with Gasteiger partial charge in [0.15, 0.2) is 0 Å². The smallest absolute Gasteiger partial charge is 0.0445 e. The highest BCUT2D eigenvalue weighted by atomic mass is 32.1. The second-order valence-electron chi connectivity index (χ2n) is 5.09. The Balaban J connectivity index is 3.40. The van der Waals surface area contributed by atoms with E-state index in [0.717, 1.165) is 11.7 Å². The Hall–Kier alpha value is 0.567. The molecule has 0 saturated carbocycles. The van der Waals surface area contributed by atoms with Gasteiger partial charge in [0.25, 0.3) is 0 Å². The molecule has 12 heavy (non-hydrogen) atoms. The van der Waals surface area contributed by atoms with Crippen molar-refractivity contribution in [2.24, 2.45) is 5.92 Å². The van der Waals surface area contributed by atoms with Crippen molar-refractivity contribution in [1.29, 1.82) is 0 Å². The van der Waals surface area contributed by atoms with E-state index in [9.17, 15) is 0 Å². The van der Waals surface area contributed by atoms with Crippen LogP contribution in [0.25, 0.3) is 0 Å². The molecule has 0 aromatic carbocycles. The van der Waals surface area contributed by atoms with Gasteiger partial charge in [0.1, 0.15) is 0 Å². The lowest BCUT2D eigenvalue weighted by atomic mass is 10.1. The minimum atomic E-state index is -0.800. The summed E-state index contributed by atoms with van der Waals surface area (Å²) in [7, 11) is -0.800. The molecule has 2 heteroatoms. The summed E-state index contributed by atoms with van der Waals surface area (Å²) in [5, 5.41) is 0. The maximum atomic E-state index is 4.22. The third-order valence-electron chi connectivity index (χ3n) is 2.07. The first-order chi connectivity index (χ1) is 5.45. The van der Waals surface area contributed by atoms with Gasteiger partial charge in [-0.2, -0.15) is 12.6 Å². The molecule has 0 N–H and O–H groups in total. The van der Waals surface area contributed by atoms with E-state index in [2.05, 4.69) is 39.2 Å². The lowest BCUT2D eigenvalue weighted by Gasteiger charge is -2.21. The van der Waals surface area contributed by atoms with Gasteiger partial charge in [-0.05, 0) is 18.1 Å². The summed E-state index contributed by atoms with van der Waals surface area (Å²) < 4.78 is 0. The molecule has 0 heterocycles. The topological polar surface area (TPSA) is 0 Å². The Morgan fingerprint density at radius 2 is 1.75 bits per heavy atom. The molecule has 0 nitrogen and oxygen atoms in total. The van der Waals surface area contributed by atoms with Crippen LogP contribution in [-0.4, -0.2) is 13.8 Å². The van der Waals surface area contributed by atoms with Crippen LogP contribution in [0.2, 0.25) is 25.7 Å². The van der Waals surface area contributed by atoms with E-state index in [-0.39, 0.29) is 0 Å². The quantitative estimate of drug-likeness (QED) is 0.376. The van der Waals surface area contributed by atoms with E-state index in [1.54, 1.807) is 0 Å². The van der Waals surface area contributed by atoms with Crippen LogP contribution in [0.1, 0.15) is 26.2 Å². The van der Waals surface area contributed by atoms with Crippen LogP contribution in [0, 0.1) is 5.92 Å². The summed E-state index contributed by atoms with van der Waals surface area (Å²) in [6.07, 6.45) is 4.07. The van der Waals surface area contributed by atoms with Gasteiger partial charge in [0.05, 0.1) is 0 Å². The molecule has 0 rings (SSSR count).